The third kappa shape index (κ3) is 4.60. The zero-order chi connectivity index (χ0) is 21.1. The molecular weight excluding hydrogens is 394 g/mol. The molecule has 5 nitrogen and oxygen atoms in total. The second kappa shape index (κ2) is 8.79. The minimum absolute atomic E-state index is 0.00545. The van der Waals surface area contributed by atoms with Crippen molar-refractivity contribution in [3.05, 3.63) is 65.9 Å². The molecule has 0 aliphatic carbocycles. The number of nitrogens with one attached hydrogen (secondary N) is 1. The van der Waals surface area contributed by atoms with Crippen molar-refractivity contribution in [1.82, 2.24) is 14.8 Å². The van der Waals surface area contributed by atoms with Crippen LogP contribution in [0.5, 0.6) is 0 Å². The molecule has 1 fully saturated rings. The van der Waals surface area contributed by atoms with E-state index < -0.39 is 0 Å². The van der Waals surface area contributed by atoms with Gasteiger partial charge in [0.1, 0.15) is 0 Å². The number of aromatic amines is 1. The molecule has 3 aromatic rings. The number of aromatic nitrogens is 1. The van der Waals surface area contributed by atoms with Crippen LogP contribution in [0.4, 0.5) is 0 Å². The summed E-state index contributed by atoms with van der Waals surface area (Å²) in [5.41, 5.74) is 3.33. The lowest BCUT2D eigenvalue weighted by molar-refractivity contribution is -0.135. The van der Waals surface area contributed by atoms with Crippen molar-refractivity contribution in [3.8, 4) is 0 Å². The second-order valence-electron chi connectivity index (χ2n) is 7.52. The summed E-state index contributed by atoms with van der Waals surface area (Å²) in [5.74, 6) is 0.0632. The van der Waals surface area contributed by atoms with Gasteiger partial charge >= 0.3 is 0 Å². The predicted molar refractivity (Wildman–Crippen MR) is 121 cm³/mol. The third-order valence-corrected chi connectivity index (χ3v) is 6.57. The first-order valence-corrected chi connectivity index (χ1v) is 10.9. The Bertz CT molecular complexity index is 1110. The average molecular weight is 420 g/mol. The number of fused-ring (bicyclic) bond motifs is 1. The van der Waals surface area contributed by atoms with E-state index in [0.29, 0.717) is 26.2 Å². The van der Waals surface area contributed by atoms with Crippen molar-refractivity contribution in [1.29, 1.82) is 0 Å². The van der Waals surface area contributed by atoms with Gasteiger partial charge in [0, 0.05) is 66.1 Å². The molecule has 4 rings (SSSR count). The van der Waals surface area contributed by atoms with Crippen LogP contribution in [-0.2, 0) is 9.59 Å². The van der Waals surface area contributed by atoms with Gasteiger partial charge in [-0.05, 0) is 54.5 Å². The minimum Gasteiger partial charge on any atom is -0.361 e. The van der Waals surface area contributed by atoms with Crippen LogP contribution in [0, 0.1) is 6.92 Å². The number of hydrogen-bond acceptors (Lipinski definition) is 3. The molecule has 0 unspecified atom stereocenters. The molecule has 1 aliphatic heterocycles. The number of carbonyl (C=O) groups excluding carboxylic acids is 2. The molecule has 0 atom stereocenters. The number of rotatable bonds is 4. The SMILES string of the molecule is CC(=O)N1CCN(C(=O)/C=C/c2ccc(Sc3ccc4[nH]ccc4c3)c(C)c2)CC1. The average Bonchev–Trinajstić information content (AvgIpc) is 3.21. The molecule has 0 bridgehead atoms. The van der Waals surface area contributed by atoms with Crippen LogP contribution >= 0.6 is 11.8 Å². The van der Waals surface area contributed by atoms with Crippen molar-refractivity contribution in [2.24, 2.45) is 0 Å². The van der Waals surface area contributed by atoms with E-state index in [-0.39, 0.29) is 11.8 Å². The summed E-state index contributed by atoms with van der Waals surface area (Å²) in [6.07, 6.45) is 5.45. The second-order valence-corrected chi connectivity index (χ2v) is 8.63. The molecule has 2 amide bonds. The Labute approximate surface area is 180 Å². The van der Waals surface area contributed by atoms with Crippen molar-refractivity contribution in [3.63, 3.8) is 0 Å². The number of benzene rings is 2. The summed E-state index contributed by atoms with van der Waals surface area (Å²) in [6, 6.07) is 14.8. The molecule has 154 valence electrons. The van der Waals surface area contributed by atoms with Crippen LogP contribution in [0.25, 0.3) is 17.0 Å². The Kier molecular flexibility index (Phi) is 5.95. The predicted octanol–water partition coefficient (Wildman–Crippen LogP) is 4.33. The van der Waals surface area contributed by atoms with Crippen LogP contribution in [0.15, 0.2) is 64.5 Å². The van der Waals surface area contributed by atoms with E-state index in [2.05, 4.69) is 48.3 Å². The number of nitrogens with zero attached hydrogens (tertiary/aromatic N) is 2. The molecule has 6 heteroatoms. The smallest absolute Gasteiger partial charge is 0.246 e. The first-order valence-electron chi connectivity index (χ1n) is 10.1. The lowest BCUT2D eigenvalue weighted by Gasteiger charge is -2.33. The summed E-state index contributed by atoms with van der Waals surface area (Å²) in [7, 11) is 0. The highest BCUT2D eigenvalue weighted by atomic mass is 32.2. The first-order chi connectivity index (χ1) is 14.5. The van der Waals surface area contributed by atoms with Crippen LogP contribution in [0.1, 0.15) is 18.1 Å². The number of carbonyl (C=O) groups is 2. The van der Waals surface area contributed by atoms with Gasteiger partial charge in [-0.15, -0.1) is 0 Å². The maximum Gasteiger partial charge on any atom is 0.246 e. The number of aryl methyl sites for hydroxylation is 1. The van der Waals surface area contributed by atoms with Crippen LogP contribution in [0.2, 0.25) is 0 Å². The first kappa shape index (κ1) is 20.3. The fourth-order valence-corrected chi connectivity index (χ4v) is 4.56. The van der Waals surface area contributed by atoms with Crippen molar-refractivity contribution in [2.45, 2.75) is 23.6 Å². The molecule has 0 saturated carbocycles. The molecule has 2 heterocycles. The van der Waals surface area contributed by atoms with Crippen molar-refractivity contribution >= 4 is 40.6 Å². The van der Waals surface area contributed by atoms with Crippen LogP contribution < -0.4 is 0 Å². The number of hydrogen-bond donors (Lipinski definition) is 1. The van der Waals surface area contributed by atoms with E-state index in [1.54, 1.807) is 34.6 Å². The molecule has 1 aromatic heterocycles. The Morgan fingerprint density at radius 2 is 1.77 bits per heavy atom. The van der Waals surface area contributed by atoms with E-state index in [9.17, 15) is 9.59 Å². The minimum atomic E-state index is -0.00545. The van der Waals surface area contributed by atoms with Crippen molar-refractivity contribution < 1.29 is 9.59 Å². The maximum absolute atomic E-state index is 12.5. The van der Waals surface area contributed by atoms with E-state index in [0.717, 1.165) is 11.1 Å². The standard InChI is InChI=1S/C24H25N3O2S/c1-17-15-19(4-8-24(29)27-13-11-26(12-14-27)18(2)28)3-7-23(17)30-21-5-6-22-20(16-21)9-10-25-22/h3-10,15-16,25H,11-14H2,1-2H3/b8-4+. The van der Waals surface area contributed by atoms with Crippen LogP contribution in [-0.4, -0.2) is 52.8 Å². The van der Waals surface area contributed by atoms with E-state index in [1.165, 1.54) is 20.7 Å². The van der Waals surface area contributed by atoms with Gasteiger partial charge in [-0.25, -0.2) is 0 Å². The van der Waals surface area contributed by atoms with Gasteiger partial charge in [-0.3, -0.25) is 9.59 Å². The van der Waals surface area contributed by atoms with Crippen molar-refractivity contribution in [2.75, 3.05) is 26.2 Å². The largest absolute Gasteiger partial charge is 0.361 e. The van der Waals surface area contributed by atoms with Gasteiger partial charge in [0.2, 0.25) is 11.8 Å². The normalized spacial score (nSPS) is 14.6. The Balaban J connectivity index is 1.39. The highest BCUT2D eigenvalue weighted by molar-refractivity contribution is 7.99. The Hall–Kier alpha value is -2.99. The Morgan fingerprint density at radius 1 is 1.00 bits per heavy atom. The lowest BCUT2D eigenvalue weighted by Crippen LogP contribution is -2.49. The number of piperazine rings is 1. The van der Waals surface area contributed by atoms with Gasteiger partial charge in [-0.2, -0.15) is 0 Å². The zero-order valence-corrected chi connectivity index (χ0v) is 18.0. The lowest BCUT2D eigenvalue weighted by atomic mass is 10.1. The quantitative estimate of drug-likeness (QED) is 0.641. The van der Waals surface area contributed by atoms with Gasteiger partial charge < -0.3 is 14.8 Å². The molecule has 1 N–H and O–H groups in total. The summed E-state index contributed by atoms with van der Waals surface area (Å²) < 4.78 is 0. The fraction of sp³-hybridized carbons (Fsp3) is 0.250. The molecule has 1 saturated heterocycles. The summed E-state index contributed by atoms with van der Waals surface area (Å²) in [4.78, 5) is 33.1. The van der Waals surface area contributed by atoms with Gasteiger partial charge in [0.05, 0.1) is 0 Å². The highest BCUT2D eigenvalue weighted by Crippen LogP contribution is 2.32. The molecule has 2 aromatic carbocycles. The van der Waals surface area contributed by atoms with Crippen LogP contribution in [0.3, 0.4) is 0 Å². The highest BCUT2D eigenvalue weighted by Gasteiger charge is 2.20. The fourth-order valence-electron chi connectivity index (χ4n) is 3.63. The van der Waals surface area contributed by atoms with Gasteiger partial charge in [-0.1, -0.05) is 23.9 Å². The monoisotopic (exact) mass is 419 g/mol. The summed E-state index contributed by atoms with van der Waals surface area (Å²) in [5, 5.41) is 1.21. The Morgan fingerprint density at radius 3 is 2.50 bits per heavy atom. The van der Waals surface area contributed by atoms with E-state index in [4.69, 9.17) is 0 Å². The van der Waals surface area contributed by atoms with E-state index >= 15 is 0 Å². The number of amides is 2. The number of H-pyrrole nitrogens is 1. The third-order valence-electron chi connectivity index (χ3n) is 5.41. The maximum atomic E-state index is 12.5. The molecule has 0 spiro atoms. The molecular formula is C24H25N3O2S. The zero-order valence-electron chi connectivity index (χ0n) is 17.2. The molecule has 1 aliphatic rings. The summed E-state index contributed by atoms with van der Waals surface area (Å²) >= 11 is 1.75. The molecule has 30 heavy (non-hydrogen) atoms. The molecule has 0 radical (unpaired) electrons. The summed E-state index contributed by atoms with van der Waals surface area (Å²) in [6.45, 7) is 6.05. The van der Waals surface area contributed by atoms with Gasteiger partial charge in [0.15, 0.2) is 0 Å². The topological polar surface area (TPSA) is 56.4 Å². The van der Waals surface area contributed by atoms with Gasteiger partial charge in [0.25, 0.3) is 0 Å². The van der Waals surface area contributed by atoms with E-state index in [1.807, 2.05) is 18.3 Å².